The summed E-state index contributed by atoms with van der Waals surface area (Å²) in [5.74, 6) is -1.81. The van der Waals surface area contributed by atoms with Gasteiger partial charge < -0.3 is 5.32 Å². The van der Waals surface area contributed by atoms with Gasteiger partial charge in [0.05, 0.1) is 0 Å². The van der Waals surface area contributed by atoms with Gasteiger partial charge in [0.2, 0.25) is 0 Å². The fourth-order valence-electron chi connectivity index (χ4n) is 1.54. The van der Waals surface area contributed by atoms with E-state index in [-0.39, 0.29) is 19.5 Å². The fraction of sp³-hybridized carbons (Fsp3) is 0.400. The number of alkyl halides is 1. The van der Waals surface area contributed by atoms with Crippen LogP contribution < -0.4 is 5.32 Å². The Labute approximate surface area is 79.9 Å². The molecule has 0 radical (unpaired) electrons. The molecule has 76 valence electrons. The molecule has 14 heavy (non-hydrogen) atoms. The Hall–Kier alpha value is -1.03. The van der Waals surface area contributed by atoms with Crippen LogP contribution in [0, 0.1) is 11.6 Å². The Bertz CT molecular complexity index is 347. The highest BCUT2D eigenvalue weighted by molar-refractivity contribution is 5.21. The average molecular weight is 201 g/mol. The van der Waals surface area contributed by atoms with E-state index in [2.05, 4.69) is 5.32 Å². The lowest BCUT2D eigenvalue weighted by atomic mass is 9.91. The summed E-state index contributed by atoms with van der Waals surface area (Å²) >= 11 is 0. The highest BCUT2D eigenvalue weighted by Crippen LogP contribution is 2.23. The second-order valence-electron chi connectivity index (χ2n) is 3.68. The maximum atomic E-state index is 13.5. The molecule has 0 bridgehead atoms. The summed E-state index contributed by atoms with van der Waals surface area (Å²) in [6.07, 6.45) is 0.136. The summed E-state index contributed by atoms with van der Waals surface area (Å²) in [6, 6.07) is 3.49. The lowest BCUT2D eigenvalue weighted by Crippen LogP contribution is -2.57. The summed E-state index contributed by atoms with van der Waals surface area (Å²) in [5, 5.41) is 2.81. The minimum Gasteiger partial charge on any atom is -0.310 e. The van der Waals surface area contributed by atoms with Crippen molar-refractivity contribution in [2.24, 2.45) is 0 Å². The number of nitrogens with one attached hydrogen (secondary N) is 1. The van der Waals surface area contributed by atoms with E-state index in [0.29, 0.717) is 5.56 Å². The van der Waals surface area contributed by atoms with Crippen molar-refractivity contribution in [1.82, 2.24) is 5.32 Å². The van der Waals surface area contributed by atoms with Crippen LogP contribution >= 0.6 is 0 Å². The predicted molar refractivity (Wildman–Crippen MR) is 46.8 cm³/mol. The zero-order valence-corrected chi connectivity index (χ0v) is 7.49. The molecule has 1 N–H and O–H groups in total. The van der Waals surface area contributed by atoms with Gasteiger partial charge in [0.15, 0.2) is 11.6 Å². The summed E-state index contributed by atoms with van der Waals surface area (Å²) in [7, 11) is 0. The molecule has 0 atom stereocenters. The van der Waals surface area contributed by atoms with Gasteiger partial charge in [-0.25, -0.2) is 13.2 Å². The standard InChI is InChI=1S/C10H10F3N/c11-8-2-1-7(3-9(8)12)4-10(13)5-14-6-10/h1-3,14H,4-6H2. The van der Waals surface area contributed by atoms with Crippen LogP contribution in [-0.4, -0.2) is 18.8 Å². The minimum absolute atomic E-state index is 0.136. The Balaban J connectivity index is 2.13. The van der Waals surface area contributed by atoms with Crippen LogP contribution in [0.4, 0.5) is 13.2 Å². The second-order valence-corrected chi connectivity index (χ2v) is 3.68. The molecule has 1 aliphatic heterocycles. The first-order valence-corrected chi connectivity index (χ1v) is 4.43. The van der Waals surface area contributed by atoms with E-state index >= 15 is 0 Å². The number of hydrogen-bond acceptors (Lipinski definition) is 1. The number of rotatable bonds is 2. The zero-order valence-electron chi connectivity index (χ0n) is 7.49. The van der Waals surface area contributed by atoms with Crippen molar-refractivity contribution in [2.75, 3.05) is 13.1 Å². The monoisotopic (exact) mass is 201 g/mol. The number of benzene rings is 1. The first kappa shape index (κ1) is 9.52. The molecule has 1 nitrogen and oxygen atoms in total. The Morgan fingerprint density at radius 2 is 1.93 bits per heavy atom. The van der Waals surface area contributed by atoms with Gasteiger partial charge in [0, 0.05) is 19.5 Å². The van der Waals surface area contributed by atoms with Crippen LogP contribution in [0.2, 0.25) is 0 Å². The van der Waals surface area contributed by atoms with Crippen LogP contribution in [0.3, 0.4) is 0 Å². The molecule has 0 aliphatic carbocycles. The second kappa shape index (κ2) is 3.28. The maximum Gasteiger partial charge on any atom is 0.159 e. The Morgan fingerprint density at radius 3 is 2.43 bits per heavy atom. The first-order chi connectivity index (χ1) is 6.59. The van der Waals surface area contributed by atoms with E-state index in [1.165, 1.54) is 6.07 Å². The van der Waals surface area contributed by atoms with Crippen LogP contribution in [0.25, 0.3) is 0 Å². The number of hydrogen-bond donors (Lipinski definition) is 1. The minimum atomic E-state index is -1.29. The van der Waals surface area contributed by atoms with E-state index < -0.39 is 17.3 Å². The molecule has 1 aliphatic rings. The van der Waals surface area contributed by atoms with Gasteiger partial charge in [-0.3, -0.25) is 0 Å². The molecule has 1 aromatic carbocycles. The Kier molecular flexibility index (Phi) is 2.23. The molecular formula is C10H10F3N. The van der Waals surface area contributed by atoms with E-state index in [0.717, 1.165) is 12.1 Å². The van der Waals surface area contributed by atoms with Crippen molar-refractivity contribution in [1.29, 1.82) is 0 Å². The van der Waals surface area contributed by atoms with E-state index in [9.17, 15) is 13.2 Å². The molecule has 1 aromatic rings. The van der Waals surface area contributed by atoms with Crippen LogP contribution in [-0.2, 0) is 6.42 Å². The highest BCUT2D eigenvalue weighted by Gasteiger charge is 2.36. The van der Waals surface area contributed by atoms with Crippen molar-refractivity contribution in [3.63, 3.8) is 0 Å². The third-order valence-electron chi connectivity index (χ3n) is 2.39. The van der Waals surface area contributed by atoms with Gasteiger partial charge in [0.1, 0.15) is 5.67 Å². The van der Waals surface area contributed by atoms with E-state index in [4.69, 9.17) is 0 Å². The van der Waals surface area contributed by atoms with Crippen LogP contribution in [0.1, 0.15) is 5.56 Å². The third-order valence-corrected chi connectivity index (χ3v) is 2.39. The summed E-state index contributed by atoms with van der Waals surface area (Å²) in [6.45, 7) is 0.567. The largest absolute Gasteiger partial charge is 0.310 e. The fourth-order valence-corrected chi connectivity index (χ4v) is 1.54. The van der Waals surface area contributed by atoms with Crippen LogP contribution in [0.5, 0.6) is 0 Å². The molecule has 1 saturated heterocycles. The molecular weight excluding hydrogens is 191 g/mol. The first-order valence-electron chi connectivity index (χ1n) is 4.43. The molecule has 0 aromatic heterocycles. The molecule has 0 amide bonds. The molecule has 4 heteroatoms. The number of halogens is 3. The van der Waals surface area contributed by atoms with Crippen molar-refractivity contribution in [3.8, 4) is 0 Å². The smallest absolute Gasteiger partial charge is 0.159 e. The molecule has 1 heterocycles. The predicted octanol–water partition coefficient (Wildman–Crippen LogP) is 1.82. The Morgan fingerprint density at radius 1 is 1.21 bits per heavy atom. The van der Waals surface area contributed by atoms with E-state index in [1.807, 2.05) is 0 Å². The SMILES string of the molecule is Fc1ccc(CC2(F)CNC2)cc1F. The summed E-state index contributed by atoms with van der Waals surface area (Å²) in [4.78, 5) is 0. The topological polar surface area (TPSA) is 12.0 Å². The van der Waals surface area contributed by atoms with Gasteiger partial charge in [-0.1, -0.05) is 6.07 Å². The quantitative estimate of drug-likeness (QED) is 0.769. The molecule has 0 spiro atoms. The molecule has 0 saturated carbocycles. The van der Waals surface area contributed by atoms with Crippen molar-refractivity contribution >= 4 is 0 Å². The highest BCUT2D eigenvalue weighted by atomic mass is 19.2. The van der Waals surface area contributed by atoms with Crippen molar-refractivity contribution < 1.29 is 13.2 Å². The average Bonchev–Trinajstić information content (AvgIpc) is 2.09. The van der Waals surface area contributed by atoms with Crippen LogP contribution in [0.15, 0.2) is 18.2 Å². The van der Waals surface area contributed by atoms with Crippen molar-refractivity contribution in [3.05, 3.63) is 35.4 Å². The van der Waals surface area contributed by atoms with Gasteiger partial charge in [-0.2, -0.15) is 0 Å². The van der Waals surface area contributed by atoms with Crippen molar-refractivity contribution in [2.45, 2.75) is 12.1 Å². The summed E-state index contributed by atoms with van der Waals surface area (Å²) < 4.78 is 38.9. The van der Waals surface area contributed by atoms with Gasteiger partial charge >= 0.3 is 0 Å². The lowest BCUT2D eigenvalue weighted by Gasteiger charge is -2.35. The summed E-state index contributed by atoms with van der Waals surface area (Å²) in [5.41, 5.74) is -0.794. The lowest BCUT2D eigenvalue weighted by molar-refractivity contribution is 0.0911. The normalized spacial score (nSPS) is 19.1. The maximum absolute atomic E-state index is 13.5. The van der Waals surface area contributed by atoms with Gasteiger partial charge in [0.25, 0.3) is 0 Å². The van der Waals surface area contributed by atoms with E-state index in [1.54, 1.807) is 0 Å². The molecule has 1 fully saturated rings. The zero-order chi connectivity index (χ0) is 10.2. The molecule has 0 unspecified atom stereocenters. The van der Waals surface area contributed by atoms with Gasteiger partial charge in [-0.15, -0.1) is 0 Å². The third kappa shape index (κ3) is 1.75. The van der Waals surface area contributed by atoms with Gasteiger partial charge in [-0.05, 0) is 17.7 Å². The molecule has 2 rings (SSSR count).